The predicted octanol–water partition coefficient (Wildman–Crippen LogP) is 4.76. The molecule has 1 aromatic heterocycles. The highest BCUT2D eigenvalue weighted by Gasteiger charge is 2.03. The first-order valence-electron chi connectivity index (χ1n) is 8.05. The van der Waals surface area contributed by atoms with Crippen molar-refractivity contribution in [1.29, 1.82) is 0 Å². The number of nitrogens with zero attached hydrogens (tertiary/aromatic N) is 2. The molecule has 3 heteroatoms. The first-order chi connectivity index (χ1) is 9.27. The number of aromatic nitrogens is 2. The second kappa shape index (κ2) is 9.88. The summed E-state index contributed by atoms with van der Waals surface area (Å²) in [5, 5.41) is 3.49. The summed E-state index contributed by atoms with van der Waals surface area (Å²) in [6, 6.07) is 0. The molecule has 19 heavy (non-hydrogen) atoms. The third-order valence-electron chi connectivity index (χ3n) is 3.46. The fraction of sp³-hybridized carbons (Fsp3) is 0.812. The molecular formula is C16H31N3. The first-order valence-corrected chi connectivity index (χ1v) is 8.05. The number of nitrogens with one attached hydrogen (secondary N) is 1. The summed E-state index contributed by atoms with van der Waals surface area (Å²) < 4.78 is 2.26. The van der Waals surface area contributed by atoms with Crippen molar-refractivity contribution in [1.82, 2.24) is 9.55 Å². The number of unbranched alkanes of at least 4 members (excludes halogenated alkanes) is 6. The molecule has 0 saturated carbocycles. The molecule has 0 saturated heterocycles. The Balaban J connectivity index is 2.20. The van der Waals surface area contributed by atoms with Crippen LogP contribution < -0.4 is 5.32 Å². The Bertz CT molecular complexity index is 331. The van der Waals surface area contributed by atoms with Gasteiger partial charge in [0.05, 0.1) is 5.69 Å². The zero-order valence-corrected chi connectivity index (χ0v) is 13.0. The van der Waals surface area contributed by atoms with Crippen LogP contribution >= 0.6 is 0 Å². The van der Waals surface area contributed by atoms with Crippen LogP contribution in [0.3, 0.4) is 0 Å². The van der Waals surface area contributed by atoms with Gasteiger partial charge in [-0.2, -0.15) is 0 Å². The van der Waals surface area contributed by atoms with Gasteiger partial charge in [-0.25, -0.2) is 4.98 Å². The summed E-state index contributed by atoms with van der Waals surface area (Å²) in [6.07, 6.45) is 12.7. The smallest absolute Gasteiger partial charge is 0.203 e. The molecule has 0 unspecified atom stereocenters. The Morgan fingerprint density at radius 2 is 1.68 bits per heavy atom. The Kier molecular flexibility index (Phi) is 8.35. The van der Waals surface area contributed by atoms with Crippen LogP contribution in [0.2, 0.25) is 0 Å². The van der Waals surface area contributed by atoms with Crippen LogP contribution in [0.1, 0.15) is 70.9 Å². The van der Waals surface area contributed by atoms with Gasteiger partial charge in [0.2, 0.25) is 5.95 Å². The van der Waals surface area contributed by atoms with E-state index in [0.717, 1.165) is 24.7 Å². The predicted molar refractivity (Wildman–Crippen MR) is 83.7 cm³/mol. The van der Waals surface area contributed by atoms with Crippen LogP contribution in [-0.2, 0) is 6.54 Å². The van der Waals surface area contributed by atoms with Crippen molar-refractivity contribution in [3.8, 4) is 0 Å². The van der Waals surface area contributed by atoms with Crippen LogP contribution in [0.4, 0.5) is 5.95 Å². The Labute approximate surface area is 118 Å². The van der Waals surface area contributed by atoms with E-state index in [0.29, 0.717) is 0 Å². The van der Waals surface area contributed by atoms with Gasteiger partial charge in [0, 0.05) is 19.3 Å². The molecule has 0 aliphatic rings. The number of imidazole rings is 1. The first kappa shape index (κ1) is 16.1. The molecule has 1 rings (SSSR count). The van der Waals surface area contributed by atoms with Crippen molar-refractivity contribution in [3.63, 3.8) is 0 Å². The highest BCUT2D eigenvalue weighted by atomic mass is 15.2. The van der Waals surface area contributed by atoms with E-state index in [9.17, 15) is 0 Å². The molecule has 1 heterocycles. The lowest BCUT2D eigenvalue weighted by molar-refractivity contribution is 0.610. The third kappa shape index (κ3) is 6.65. The molecule has 0 aromatic carbocycles. The average Bonchev–Trinajstić information content (AvgIpc) is 2.75. The second-order valence-corrected chi connectivity index (χ2v) is 5.45. The minimum Gasteiger partial charge on any atom is -0.356 e. The van der Waals surface area contributed by atoms with Crippen LogP contribution in [0.25, 0.3) is 0 Å². The Morgan fingerprint density at radius 3 is 2.42 bits per heavy atom. The van der Waals surface area contributed by atoms with Gasteiger partial charge in [0.15, 0.2) is 0 Å². The summed E-state index contributed by atoms with van der Waals surface area (Å²) in [5.41, 5.74) is 1.11. The number of hydrogen-bond donors (Lipinski definition) is 1. The van der Waals surface area contributed by atoms with Gasteiger partial charge >= 0.3 is 0 Å². The zero-order valence-electron chi connectivity index (χ0n) is 13.0. The molecule has 0 atom stereocenters. The van der Waals surface area contributed by atoms with Gasteiger partial charge in [-0.1, -0.05) is 52.4 Å². The van der Waals surface area contributed by atoms with E-state index in [2.05, 4.69) is 41.8 Å². The van der Waals surface area contributed by atoms with E-state index >= 15 is 0 Å². The SMILES string of the molecule is CCCCCCCCNc1nc(C)cn1CCCC. The lowest BCUT2D eigenvalue weighted by atomic mass is 10.1. The van der Waals surface area contributed by atoms with E-state index in [4.69, 9.17) is 0 Å². The van der Waals surface area contributed by atoms with Crippen LogP contribution in [0.5, 0.6) is 0 Å². The molecule has 0 amide bonds. The summed E-state index contributed by atoms with van der Waals surface area (Å²) in [4.78, 5) is 4.56. The second-order valence-electron chi connectivity index (χ2n) is 5.45. The van der Waals surface area contributed by atoms with Crippen molar-refractivity contribution < 1.29 is 0 Å². The molecule has 0 bridgehead atoms. The maximum Gasteiger partial charge on any atom is 0.203 e. The summed E-state index contributed by atoms with van der Waals surface area (Å²) in [6.45, 7) is 8.69. The maximum absolute atomic E-state index is 4.56. The molecule has 110 valence electrons. The highest BCUT2D eigenvalue weighted by Crippen LogP contribution is 2.11. The Morgan fingerprint density at radius 1 is 1.00 bits per heavy atom. The minimum absolute atomic E-state index is 1.05. The Hall–Kier alpha value is -0.990. The zero-order chi connectivity index (χ0) is 13.9. The van der Waals surface area contributed by atoms with Gasteiger partial charge in [-0.15, -0.1) is 0 Å². The number of anilines is 1. The number of aryl methyl sites for hydroxylation is 2. The average molecular weight is 265 g/mol. The fourth-order valence-electron chi connectivity index (χ4n) is 2.29. The van der Waals surface area contributed by atoms with Gasteiger partial charge in [-0.05, 0) is 19.8 Å². The van der Waals surface area contributed by atoms with E-state index < -0.39 is 0 Å². The molecular weight excluding hydrogens is 234 g/mol. The minimum atomic E-state index is 1.05. The van der Waals surface area contributed by atoms with Gasteiger partial charge in [0.1, 0.15) is 0 Å². The fourth-order valence-corrected chi connectivity index (χ4v) is 2.29. The molecule has 0 spiro atoms. The molecule has 0 aliphatic heterocycles. The van der Waals surface area contributed by atoms with E-state index in [1.54, 1.807) is 0 Å². The van der Waals surface area contributed by atoms with Gasteiger partial charge in [-0.3, -0.25) is 0 Å². The van der Waals surface area contributed by atoms with Gasteiger partial charge in [0.25, 0.3) is 0 Å². The van der Waals surface area contributed by atoms with Crippen LogP contribution in [0, 0.1) is 6.92 Å². The van der Waals surface area contributed by atoms with E-state index in [1.165, 1.54) is 51.4 Å². The number of rotatable bonds is 11. The highest BCUT2D eigenvalue weighted by molar-refractivity contribution is 5.28. The molecule has 0 aliphatic carbocycles. The molecule has 3 nitrogen and oxygen atoms in total. The lowest BCUT2D eigenvalue weighted by Crippen LogP contribution is -2.08. The number of hydrogen-bond acceptors (Lipinski definition) is 2. The van der Waals surface area contributed by atoms with Crippen molar-refractivity contribution in [3.05, 3.63) is 11.9 Å². The lowest BCUT2D eigenvalue weighted by Gasteiger charge is -2.09. The van der Waals surface area contributed by atoms with Crippen molar-refractivity contribution >= 4 is 5.95 Å². The van der Waals surface area contributed by atoms with Crippen LogP contribution in [0.15, 0.2) is 6.20 Å². The summed E-state index contributed by atoms with van der Waals surface area (Å²) in [5.74, 6) is 1.06. The molecule has 0 fully saturated rings. The van der Waals surface area contributed by atoms with Crippen molar-refractivity contribution in [2.24, 2.45) is 0 Å². The van der Waals surface area contributed by atoms with Crippen molar-refractivity contribution in [2.75, 3.05) is 11.9 Å². The summed E-state index contributed by atoms with van der Waals surface area (Å²) >= 11 is 0. The molecule has 1 N–H and O–H groups in total. The maximum atomic E-state index is 4.56. The topological polar surface area (TPSA) is 29.9 Å². The standard InChI is InChI=1S/C16H31N3/c1-4-6-8-9-10-11-12-17-16-18-15(3)14-19(16)13-7-5-2/h14H,4-13H2,1-3H3,(H,17,18). The van der Waals surface area contributed by atoms with Gasteiger partial charge < -0.3 is 9.88 Å². The van der Waals surface area contributed by atoms with Crippen LogP contribution in [-0.4, -0.2) is 16.1 Å². The monoisotopic (exact) mass is 265 g/mol. The van der Waals surface area contributed by atoms with E-state index in [1.807, 2.05) is 0 Å². The quantitative estimate of drug-likeness (QED) is 0.584. The normalized spacial score (nSPS) is 10.9. The molecule has 1 aromatic rings. The van der Waals surface area contributed by atoms with E-state index in [-0.39, 0.29) is 0 Å². The molecule has 0 radical (unpaired) electrons. The summed E-state index contributed by atoms with van der Waals surface area (Å²) in [7, 11) is 0. The largest absolute Gasteiger partial charge is 0.356 e. The third-order valence-corrected chi connectivity index (χ3v) is 3.46. The van der Waals surface area contributed by atoms with Crippen molar-refractivity contribution in [2.45, 2.75) is 78.7 Å².